The van der Waals surface area contributed by atoms with Crippen molar-refractivity contribution >= 4 is 46.4 Å². The highest BCUT2D eigenvalue weighted by Crippen LogP contribution is 2.30. The van der Waals surface area contributed by atoms with E-state index in [9.17, 15) is 9.90 Å². The molecule has 8 heteroatoms. The Bertz CT molecular complexity index is 856. The van der Waals surface area contributed by atoms with Crippen LogP contribution in [0, 0.1) is 0 Å². The maximum atomic E-state index is 11.4. The summed E-state index contributed by atoms with van der Waals surface area (Å²) < 4.78 is 1.39. The lowest BCUT2D eigenvalue weighted by atomic mass is 10.1. The Balaban J connectivity index is 2.38. The molecule has 0 amide bonds. The van der Waals surface area contributed by atoms with Gasteiger partial charge in [0.25, 0.3) is 0 Å². The summed E-state index contributed by atoms with van der Waals surface area (Å²) in [7, 11) is 0. The molecule has 0 aliphatic carbocycles. The van der Waals surface area contributed by atoms with E-state index in [0.29, 0.717) is 32.0 Å². The van der Waals surface area contributed by atoms with Crippen LogP contribution in [0.15, 0.2) is 30.5 Å². The molecule has 0 aliphatic rings. The first-order valence-electron chi connectivity index (χ1n) is 5.70. The van der Waals surface area contributed by atoms with E-state index in [-0.39, 0.29) is 5.69 Å². The number of hydrogen-bond acceptors (Lipinski definition) is 3. The van der Waals surface area contributed by atoms with Gasteiger partial charge >= 0.3 is 5.97 Å². The first-order valence-corrected chi connectivity index (χ1v) is 6.83. The fraction of sp³-hybridized carbons (Fsp3) is 0. The molecule has 3 aromatic rings. The summed E-state index contributed by atoms with van der Waals surface area (Å²) in [6.45, 7) is 0. The molecule has 0 saturated carbocycles. The van der Waals surface area contributed by atoms with Crippen LogP contribution < -0.4 is 0 Å². The summed E-state index contributed by atoms with van der Waals surface area (Å²) in [6.07, 6.45) is 1.40. The Morgan fingerprint density at radius 2 is 1.71 bits per heavy atom. The van der Waals surface area contributed by atoms with Crippen LogP contribution in [0.5, 0.6) is 0 Å². The third-order valence-corrected chi connectivity index (χ3v) is 3.42. The molecule has 3 rings (SSSR count). The average Bonchev–Trinajstić information content (AvgIpc) is 2.76. The second kappa shape index (κ2) is 5.18. The molecule has 1 N–H and O–H groups in total. The number of carbonyl (C=O) groups is 1. The van der Waals surface area contributed by atoms with Gasteiger partial charge in [0.05, 0.1) is 11.2 Å². The average molecular weight is 343 g/mol. The van der Waals surface area contributed by atoms with Gasteiger partial charge in [0.2, 0.25) is 0 Å². The van der Waals surface area contributed by atoms with E-state index in [1.807, 2.05) is 0 Å². The minimum absolute atomic E-state index is 0.150. The quantitative estimate of drug-likeness (QED) is 0.763. The molecule has 106 valence electrons. The molecule has 0 spiro atoms. The Hall–Kier alpha value is -1.82. The van der Waals surface area contributed by atoms with E-state index < -0.39 is 5.97 Å². The maximum absolute atomic E-state index is 11.4. The zero-order valence-corrected chi connectivity index (χ0v) is 12.5. The van der Waals surface area contributed by atoms with E-state index in [1.54, 1.807) is 18.2 Å². The maximum Gasteiger partial charge on any atom is 0.356 e. The molecule has 0 atom stereocenters. The van der Waals surface area contributed by atoms with Crippen molar-refractivity contribution < 1.29 is 9.90 Å². The van der Waals surface area contributed by atoms with Gasteiger partial charge in [-0.1, -0.05) is 34.8 Å². The topological polar surface area (TPSA) is 67.5 Å². The predicted molar refractivity (Wildman–Crippen MR) is 80.4 cm³/mol. The molecular formula is C13H6Cl3N3O2. The van der Waals surface area contributed by atoms with Crippen molar-refractivity contribution in [1.29, 1.82) is 0 Å². The van der Waals surface area contributed by atoms with E-state index in [1.165, 1.54) is 16.8 Å². The highest BCUT2D eigenvalue weighted by Gasteiger charge is 2.21. The number of imidazole rings is 1. The molecule has 21 heavy (non-hydrogen) atoms. The largest absolute Gasteiger partial charge is 0.476 e. The van der Waals surface area contributed by atoms with Crippen LogP contribution in [0.3, 0.4) is 0 Å². The fourth-order valence-electron chi connectivity index (χ4n) is 2.01. The van der Waals surface area contributed by atoms with E-state index >= 15 is 0 Å². The zero-order valence-electron chi connectivity index (χ0n) is 10.2. The monoisotopic (exact) mass is 341 g/mol. The summed E-state index contributed by atoms with van der Waals surface area (Å²) in [5.74, 6) is -1.18. The smallest absolute Gasteiger partial charge is 0.356 e. The van der Waals surface area contributed by atoms with Crippen molar-refractivity contribution in [2.75, 3.05) is 0 Å². The molecule has 0 saturated heterocycles. The third-order valence-electron chi connectivity index (χ3n) is 2.78. The van der Waals surface area contributed by atoms with Gasteiger partial charge in [-0.2, -0.15) is 5.10 Å². The van der Waals surface area contributed by atoms with Crippen LogP contribution in [0.25, 0.3) is 16.9 Å². The van der Waals surface area contributed by atoms with Crippen molar-refractivity contribution in [3.05, 3.63) is 51.2 Å². The van der Waals surface area contributed by atoms with Crippen molar-refractivity contribution in [2.24, 2.45) is 0 Å². The Kier molecular flexibility index (Phi) is 3.49. The van der Waals surface area contributed by atoms with E-state index in [0.717, 1.165) is 0 Å². The second-order valence-corrected chi connectivity index (χ2v) is 5.53. The van der Waals surface area contributed by atoms with Crippen LogP contribution in [-0.2, 0) is 0 Å². The fourth-order valence-corrected chi connectivity index (χ4v) is 2.68. The lowest BCUT2D eigenvalue weighted by Crippen LogP contribution is -2.01. The van der Waals surface area contributed by atoms with Crippen LogP contribution in [0.2, 0.25) is 15.1 Å². The van der Waals surface area contributed by atoms with Gasteiger partial charge in [0, 0.05) is 21.7 Å². The molecule has 0 bridgehead atoms. The van der Waals surface area contributed by atoms with Gasteiger partial charge < -0.3 is 5.11 Å². The number of aromatic carboxylic acids is 1. The molecule has 0 aliphatic heterocycles. The van der Waals surface area contributed by atoms with Gasteiger partial charge in [0.15, 0.2) is 11.3 Å². The first-order chi connectivity index (χ1) is 9.95. The lowest BCUT2D eigenvalue weighted by molar-refractivity contribution is 0.0692. The number of benzene rings is 1. The first kappa shape index (κ1) is 14.1. The Labute approximate surface area is 133 Å². The minimum Gasteiger partial charge on any atom is -0.476 e. The standard InChI is InChI=1S/C13H6Cl3N3O2/c14-7-1-6(2-8(15)3-7)12-11(13(20)21)18-10-4-9(16)5-17-19(10)12/h1-5H,(H,20,21). The van der Waals surface area contributed by atoms with Crippen molar-refractivity contribution in [3.8, 4) is 11.3 Å². The number of aromatic nitrogens is 3. The Morgan fingerprint density at radius 1 is 1.05 bits per heavy atom. The third kappa shape index (κ3) is 2.55. The molecular weight excluding hydrogens is 337 g/mol. The van der Waals surface area contributed by atoms with Gasteiger partial charge in [-0.25, -0.2) is 14.3 Å². The van der Waals surface area contributed by atoms with Gasteiger partial charge in [0.1, 0.15) is 5.69 Å². The number of hydrogen-bond donors (Lipinski definition) is 1. The highest BCUT2D eigenvalue weighted by molar-refractivity contribution is 6.35. The molecule has 1 aromatic carbocycles. The van der Waals surface area contributed by atoms with Crippen LogP contribution >= 0.6 is 34.8 Å². The summed E-state index contributed by atoms with van der Waals surface area (Å²) >= 11 is 17.8. The van der Waals surface area contributed by atoms with E-state index in [2.05, 4.69) is 10.1 Å². The Morgan fingerprint density at radius 3 is 2.33 bits per heavy atom. The van der Waals surface area contributed by atoms with E-state index in [4.69, 9.17) is 34.8 Å². The van der Waals surface area contributed by atoms with Gasteiger partial charge in [-0.3, -0.25) is 0 Å². The zero-order chi connectivity index (χ0) is 15.1. The molecule has 0 fully saturated rings. The molecule has 2 heterocycles. The highest BCUT2D eigenvalue weighted by atomic mass is 35.5. The lowest BCUT2D eigenvalue weighted by Gasteiger charge is -2.04. The number of carboxylic acid groups (broad SMARTS) is 1. The molecule has 5 nitrogen and oxygen atoms in total. The molecule has 0 radical (unpaired) electrons. The SMILES string of the molecule is O=C(O)c1nc2cc(Cl)cnn2c1-c1cc(Cl)cc(Cl)c1. The van der Waals surface area contributed by atoms with Crippen LogP contribution in [0.4, 0.5) is 0 Å². The van der Waals surface area contributed by atoms with Gasteiger partial charge in [-0.15, -0.1) is 0 Å². The van der Waals surface area contributed by atoms with Crippen LogP contribution in [0.1, 0.15) is 10.5 Å². The number of halogens is 3. The second-order valence-electron chi connectivity index (χ2n) is 4.22. The number of fused-ring (bicyclic) bond motifs is 1. The summed E-state index contributed by atoms with van der Waals surface area (Å²) in [6, 6.07) is 6.27. The van der Waals surface area contributed by atoms with Crippen molar-refractivity contribution in [1.82, 2.24) is 14.6 Å². The van der Waals surface area contributed by atoms with Crippen LogP contribution in [-0.4, -0.2) is 25.7 Å². The predicted octanol–water partition coefficient (Wildman–Crippen LogP) is 4.05. The summed E-state index contributed by atoms with van der Waals surface area (Å²) in [5.41, 5.74) is 0.972. The number of carboxylic acids is 1. The minimum atomic E-state index is -1.18. The molecule has 2 aromatic heterocycles. The normalized spacial score (nSPS) is 11.0. The number of rotatable bonds is 2. The van der Waals surface area contributed by atoms with Crippen molar-refractivity contribution in [2.45, 2.75) is 0 Å². The van der Waals surface area contributed by atoms with Gasteiger partial charge in [-0.05, 0) is 18.2 Å². The summed E-state index contributed by atoms with van der Waals surface area (Å²) in [5, 5.41) is 14.6. The van der Waals surface area contributed by atoms with Crippen molar-refractivity contribution in [3.63, 3.8) is 0 Å². The number of nitrogens with zero attached hydrogens (tertiary/aromatic N) is 3. The summed E-state index contributed by atoms with van der Waals surface area (Å²) in [4.78, 5) is 15.5. The molecule has 0 unspecified atom stereocenters.